The number of ketones is 1. The van der Waals surface area contributed by atoms with E-state index in [1.165, 1.54) is 36.5 Å². The van der Waals surface area contributed by atoms with E-state index in [-0.39, 0.29) is 53.5 Å². The number of oxime groups is 1. The number of carbonyl (C=O) groups excluding carboxylic acids is 3. The van der Waals surface area contributed by atoms with Crippen LogP contribution in [-0.4, -0.2) is 94.3 Å². The van der Waals surface area contributed by atoms with Gasteiger partial charge in [-0.25, -0.2) is 14.4 Å². The zero-order valence-electron chi connectivity index (χ0n) is 24.3. The molecule has 21 heteroatoms. The Bertz CT molecular complexity index is 1620. The molecule has 2 aromatic heterocycles. The van der Waals surface area contributed by atoms with Gasteiger partial charge in [0, 0.05) is 42.4 Å². The van der Waals surface area contributed by atoms with E-state index in [0.717, 1.165) is 16.4 Å². The highest BCUT2D eigenvalue weighted by Gasteiger charge is 2.54. The number of amides is 3. The van der Waals surface area contributed by atoms with Gasteiger partial charge in [0.25, 0.3) is 0 Å². The number of nitrogens with one attached hydrogen (secondary N) is 2. The van der Waals surface area contributed by atoms with Crippen molar-refractivity contribution in [2.75, 3.05) is 35.6 Å². The van der Waals surface area contributed by atoms with E-state index in [1.807, 2.05) is 0 Å². The number of rotatable bonds is 13. The van der Waals surface area contributed by atoms with Crippen LogP contribution in [0, 0.1) is 5.92 Å². The van der Waals surface area contributed by atoms with Crippen LogP contribution >= 0.6 is 23.3 Å². The minimum atomic E-state index is -1.79. The molecule has 45 heavy (non-hydrogen) atoms. The van der Waals surface area contributed by atoms with Crippen LogP contribution in [0.4, 0.5) is 21.4 Å². The third-order valence-electron chi connectivity index (χ3n) is 6.88. The minimum Gasteiger partial charge on any atom is -0.478 e. The number of aromatic nitrogens is 4. The van der Waals surface area contributed by atoms with E-state index in [0.29, 0.717) is 5.57 Å². The molecule has 4 rings (SSSR count). The van der Waals surface area contributed by atoms with Crippen LogP contribution in [0.25, 0.3) is 0 Å². The largest absolute Gasteiger partial charge is 0.478 e. The average Bonchev–Trinajstić information content (AvgIpc) is 3.52. The number of urea groups is 1. The summed E-state index contributed by atoms with van der Waals surface area (Å²) in [4.78, 5) is 72.8. The SMILES string of the molecule is Cn1c(N)c(NC(=O)NCCN)c[n+]1CC1=C(C(=O)O)N2C(=O)[C@@H](CC(=O)C(=NOC(C)(C)C(=O)O)c3nsc(N)n3)[C@H]2SC1. The molecule has 0 radical (unpaired) electrons. The Morgan fingerprint density at radius 2 is 1.98 bits per heavy atom. The molecule has 2 atom stereocenters. The predicted octanol–water partition coefficient (Wildman–Crippen LogP) is -1.48. The van der Waals surface area contributed by atoms with Crippen LogP contribution < -0.4 is 32.5 Å². The highest BCUT2D eigenvalue weighted by molar-refractivity contribution is 8.00. The fourth-order valence-corrected chi connectivity index (χ4v) is 6.23. The molecule has 0 aromatic carbocycles. The quantitative estimate of drug-likeness (QED) is 0.0556. The lowest BCUT2D eigenvalue weighted by Gasteiger charge is -2.49. The number of nitrogen functional groups attached to an aromatic ring is 2. The van der Waals surface area contributed by atoms with Crippen molar-refractivity contribution in [2.24, 2.45) is 23.9 Å². The number of nitrogens with zero attached hydrogens (tertiary/aromatic N) is 6. The molecule has 1 saturated heterocycles. The van der Waals surface area contributed by atoms with E-state index in [1.54, 1.807) is 11.7 Å². The molecule has 0 bridgehead atoms. The molecule has 2 aliphatic rings. The topological polar surface area (TPSA) is 287 Å². The van der Waals surface area contributed by atoms with Gasteiger partial charge in [-0.2, -0.15) is 9.36 Å². The molecular weight excluding hydrogens is 634 g/mol. The van der Waals surface area contributed by atoms with Crippen molar-refractivity contribution >= 4 is 75.3 Å². The Morgan fingerprint density at radius 1 is 1.27 bits per heavy atom. The standard InChI is InChI=1S/C24H31N11O8S2/c1-24(2,21(40)41)43-31-14(17-30-22(27)45-32-17)13(36)6-11-18(37)35-15(20(38)39)10(9-44-19(11)35)7-34-8-12(16(26)33(34)3)29-23(42)28-5-4-25/h8,11,19,26H,4-7,9,25H2,1-3H3,(H6,27,28,29,30,32,38,39,40,41,42)/p+1/t11-,19-/m1/s1. The maximum absolute atomic E-state index is 13.3. The van der Waals surface area contributed by atoms with Crippen molar-refractivity contribution in [2.45, 2.75) is 37.8 Å². The molecule has 0 aliphatic carbocycles. The lowest BCUT2D eigenvalue weighted by Crippen LogP contribution is -2.62. The Balaban J connectivity index is 1.54. The van der Waals surface area contributed by atoms with Crippen LogP contribution in [0.2, 0.25) is 0 Å². The number of carbonyl (C=O) groups is 5. The molecule has 0 spiro atoms. The molecule has 3 amide bonds. The predicted molar refractivity (Wildman–Crippen MR) is 161 cm³/mol. The number of fused-ring (bicyclic) bond motifs is 1. The summed E-state index contributed by atoms with van der Waals surface area (Å²) in [5.41, 5.74) is 15.4. The van der Waals surface area contributed by atoms with E-state index < -0.39 is 58.7 Å². The summed E-state index contributed by atoms with van der Waals surface area (Å²) in [6.45, 7) is 2.99. The van der Waals surface area contributed by atoms with Crippen molar-refractivity contribution in [3.8, 4) is 0 Å². The van der Waals surface area contributed by atoms with Crippen molar-refractivity contribution in [3.63, 3.8) is 0 Å². The summed E-state index contributed by atoms with van der Waals surface area (Å²) in [7, 11) is 1.62. The number of aliphatic carboxylic acids is 2. The number of hydrogen-bond donors (Lipinski definition) is 7. The Hall–Kier alpha value is -4.76. The smallest absolute Gasteiger partial charge is 0.352 e. The highest BCUT2D eigenvalue weighted by atomic mass is 32.2. The first kappa shape index (κ1) is 33.1. The van der Waals surface area contributed by atoms with Gasteiger partial charge in [0.1, 0.15) is 5.70 Å². The normalized spacial score (nSPS) is 18.3. The van der Waals surface area contributed by atoms with E-state index >= 15 is 0 Å². The van der Waals surface area contributed by atoms with Crippen LogP contribution in [0.1, 0.15) is 26.1 Å². The summed E-state index contributed by atoms with van der Waals surface area (Å²) >= 11 is 2.06. The summed E-state index contributed by atoms with van der Waals surface area (Å²) in [6.07, 6.45) is 1.14. The maximum atomic E-state index is 13.3. The number of β-lactam (4-membered cyclic amide) rings is 1. The van der Waals surface area contributed by atoms with Gasteiger partial charge < -0.3 is 37.6 Å². The van der Waals surface area contributed by atoms with Crippen molar-refractivity contribution in [1.82, 2.24) is 24.3 Å². The second kappa shape index (κ2) is 13.1. The van der Waals surface area contributed by atoms with Crippen molar-refractivity contribution in [1.29, 1.82) is 0 Å². The lowest BCUT2D eigenvalue weighted by molar-refractivity contribution is -0.765. The summed E-state index contributed by atoms with van der Waals surface area (Å²) in [6, 6.07) is -0.516. The molecule has 2 aliphatic heterocycles. The third kappa shape index (κ3) is 6.83. The van der Waals surface area contributed by atoms with E-state index in [4.69, 9.17) is 22.0 Å². The Morgan fingerprint density at radius 3 is 2.58 bits per heavy atom. The van der Waals surface area contributed by atoms with E-state index in [2.05, 4.69) is 25.1 Å². The molecule has 0 saturated carbocycles. The number of carboxylic acid groups (broad SMARTS) is 2. The van der Waals surface area contributed by atoms with Crippen LogP contribution in [0.3, 0.4) is 0 Å². The lowest BCUT2D eigenvalue weighted by atomic mass is 9.89. The zero-order chi connectivity index (χ0) is 33.2. The Kier molecular flexibility index (Phi) is 9.63. The Labute approximate surface area is 263 Å². The average molecular weight is 667 g/mol. The van der Waals surface area contributed by atoms with Crippen molar-refractivity contribution < 1.29 is 43.7 Å². The van der Waals surface area contributed by atoms with E-state index in [9.17, 15) is 34.2 Å². The fourth-order valence-electron chi connectivity index (χ4n) is 4.39. The van der Waals surface area contributed by atoms with Gasteiger partial charge in [0.2, 0.25) is 23.5 Å². The second-order valence-corrected chi connectivity index (χ2v) is 12.3. The van der Waals surface area contributed by atoms with Crippen molar-refractivity contribution in [3.05, 3.63) is 23.3 Å². The molecule has 10 N–H and O–H groups in total. The molecule has 4 heterocycles. The van der Waals surface area contributed by atoms with Gasteiger partial charge in [-0.05, 0) is 13.8 Å². The van der Waals surface area contributed by atoms with Gasteiger partial charge in [-0.15, -0.1) is 21.1 Å². The zero-order valence-corrected chi connectivity index (χ0v) is 26.0. The van der Waals surface area contributed by atoms with Gasteiger partial charge in [0.15, 0.2) is 34.7 Å². The van der Waals surface area contributed by atoms with Gasteiger partial charge in [-0.3, -0.25) is 19.8 Å². The summed E-state index contributed by atoms with van der Waals surface area (Å²) in [5, 5.41) is 27.7. The first-order valence-electron chi connectivity index (χ1n) is 13.3. The summed E-state index contributed by atoms with van der Waals surface area (Å²) in [5.74, 6) is -4.67. The van der Waals surface area contributed by atoms with Gasteiger partial charge in [0.05, 0.1) is 18.3 Å². The first-order valence-corrected chi connectivity index (χ1v) is 15.1. The number of carboxylic acids is 2. The molecule has 2 aromatic rings. The number of anilines is 3. The molecule has 19 nitrogen and oxygen atoms in total. The molecule has 1 fully saturated rings. The van der Waals surface area contributed by atoms with Crippen LogP contribution in [0.15, 0.2) is 22.6 Å². The molecule has 0 unspecified atom stereocenters. The number of Topliss-reactive ketones (excluding diaryl/α,β-unsaturated/α-hetero) is 1. The maximum Gasteiger partial charge on any atom is 0.352 e. The number of hydrogen-bond acceptors (Lipinski definition) is 14. The summed E-state index contributed by atoms with van der Waals surface area (Å²) < 4.78 is 7.07. The first-order chi connectivity index (χ1) is 21.2. The highest BCUT2D eigenvalue weighted by Crippen LogP contribution is 2.45. The van der Waals surface area contributed by atoms with Gasteiger partial charge in [-0.1, -0.05) is 5.16 Å². The van der Waals surface area contributed by atoms with Gasteiger partial charge >= 0.3 is 18.0 Å². The minimum absolute atomic E-state index is 0.0242. The number of nitrogens with two attached hydrogens (primary N) is 3. The number of thioether (sulfide) groups is 1. The second-order valence-electron chi connectivity index (χ2n) is 10.4. The molecule has 242 valence electrons. The molecular formula is C24H32N11O8S2+. The van der Waals surface area contributed by atoms with Crippen LogP contribution in [0.5, 0.6) is 0 Å². The fraction of sp³-hybridized carbons (Fsp3) is 0.458. The monoisotopic (exact) mass is 666 g/mol. The third-order valence-corrected chi connectivity index (χ3v) is 8.82. The van der Waals surface area contributed by atoms with Crippen LogP contribution in [-0.2, 0) is 37.6 Å².